The highest BCUT2D eigenvalue weighted by Gasteiger charge is 2.30. The van der Waals surface area contributed by atoms with Crippen LogP contribution in [0.2, 0.25) is 0 Å². The largest absolute Gasteiger partial charge is 0.508 e. The zero-order valence-corrected chi connectivity index (χ0v) is 14.6. The van der Waals surface area contributed by atoms with Crippen molar-refractivity contribution in [3.05, 3.63) is 77.9 Å². The van der Waals surface area contributed by atoms with Crippen molar-refractivity contribution in [1.82, 2.24) is 9.38 Å². The Morgan fingerprint density at radius 1 is 0.964 bits per heavy atom. The van der Waals surface area contributed by atoms with Gasteiger partial charge in [-0.1, -0.05) is 12.1 Å². The highest BCUT2D eigenvalue weighted by Crippen LogP contribution is 2.34. The van der Waals surface area contributed by atoms with Gasteiger partial charge in [-0.25, -0.2) is 9.37 Å². The van der Waals surface area contributed by atoms with Crippen LogP contribution in [0.4, 0.5) is 17.6 Å². The summed E-state index contributed by atoms with van der Waals surface area (Å²) in [6.07, 6.45) is -2.81. The number of nitrogens with zero attached hydrogens (tertiary/aromatic N) is 2. The fraction of sp³-hybridized carbons (Fsp3) is 0.0952. The van der Waals surface area contributed by atoms with Gasteiger partial charge >= 0.3 is 6.18 Å². The van der Waals surface area contributed by atoms with Gasteiger partial charge in [0.2, 0.25) is 0 Å². The van der Waals surface area contributed by atoms with E-state index in [4.69, 9.17) is 0 Å². The van der Waals surface area contributed by atoms with E-state index in [0.717, 1.165) is 18.2 Å². The van der Waals surface area contributed by atoms with E-state index < -0.39 is 17.6 Å². The van der Waals surface area contributed by atoms with Crippen molar-refractivity contribution < 1.29 is 22.7 Å². The smallest absolute Gasteiger partial charge is 0.416 e. The van der Waals surface area contributed by atoms with E-state index in [2.05, 4.69) is 4.98 Å². The number of aryl methyl sites for hydroxylation is 1. The lowest BCUT2D eigenvalue weighted by molar-refractivity contribution is -0.137. The third-order valence-corrected chi connectivity index (χ3v) is 4.52. The maximum Gasteiger partial charge on any atom is 0.416 e. The summed E-state index contributed by atoms with van der Waals surface area (Å²) in [6.45, 7) is 1.72. The minimum absolute atomic E-state index is 0.197. The molecule has 0 saturated heterocycles. The molecule has 2 aromatic heterocycles. The number of aromatic nitrogens is 2. The van der Waals surface area contributed by atoms with Crippen molar-refractivity contribution in [2.75, 3.05) is 0 Å². The second-order valence-corrected chi connectivity index (χ2v) is 6.43. The van der Waals surface area contributed by atoms with E-state index in [1.54, 1.807) is 35.7 Å². The van der Waals surface area contributed by atoms with Crippen LogP contribution in [-0.2, 0) is 6.18 Å². The number of aromatic hydroxyl groups is 1. The Kier molecular flexibility index (Phi) is 4.10. The highest BCUT2D eigenvalue weighted by molar-refractivity contribution is 5.72. The quantitative estimate of drug-likeness (QED) is 0.440. The summed E-state index contributed by atoms with van der Waals surface area (Å²) in [5, 5.41) is 9.45. The van der Waals surface area contributed by atoms with Gasteiger partial charge in [-0.2, -0.15) is 13.2 Å². The van der Waals surface area contributed by atoms with E-state index >= 15 is 0 Å². The molecule has 1 N–H and O–H groups in total. The average molecular weight is 386 g/mol. The molecule has 0 aliphatic heterocycles. The van der Waals surface area contributed by atoms with Crippen LogP contribution in [0.3, 0.4) is 0 Å². The number of halogens is 4. The van der Waals surface area contributed by atoms with Crippen LogP contribution >= 0.6 is 0 Å². The zero-order chi connectivity index (χ0) is 20.1. The first-order chi connectivity index (χ1) is 13.2. The molecule has 2 heterocycles. The number of alkyl halides is 3. The van der Waals surface area contributed by atoms with Gasteiger partial charge in [-0.15, -0.1) is 0 Å². The van der Waals surface area contributed by atoms with E-state index in [-0.39, 0.29) is 11.3 Å². The number of phenols is 1. The Morgan fingerprint density at radius 2 is 1.75 bits per heavy atom. The molecular weight excluding hydrogens is 372 g/mol. The van der Waals surface area contributed by atoms with Gasteiger partial charge in [0.15, 0.2) is 0 Å². The van der Waals surface area contributed by atoms with E-state index in [9.17, 15) is 22.7 Å². The van der Waals surface area contributed by atoms with Gasteiger partial charge in [0.25, 0.3) is 0 Å². The van der Waals surface area contributed by atoms with Gasteiger partial charge in [0.05, 0.1) is 17.0 Å². The second kappa shape index (κ2) is 6.37. The maximum atomic E-state index is 14.4. The molecule has 4 rings (SSSR count). The first kappa shape index (κ1) is 18.0. The molecule has 3 nitrogen and oxygen atoms in total. The Balaban J connectivity index is 1.90. The van der Waals surface area contributed by atoms with Crippen LogP contribution < -0.4 is 0 Å². The summed E-state index contributed by atoms with van der Waals surface area (Å²) in [5.41, 5.74) is 2.00. The van der Waals surface area contributed by atoms with Gasteiger partial charge < -0.3 is 5.11 Å². The van der Waals surface area contributed by atoms with Gasteiger partial charge in [-0.05, 0) is 54.4 Å². The third-order valence-electron chi connectivity index (χ3n) is 4.52. The molecule has 28 heavy (non-hydrogen) atoms. The van der Waals surface area contributed by atoms with Crippen molar-refractivity contribution in [1.29, 1.82) is 0 Å². The minimum atomic E-state index is -4.44. The minimum Gasteiger partial charge on any atom is -0.508 e. The lowest BCUT2D eigenvalue weighted by atomic mass is 10.0. The normalized spacial score (nSPS) is 11.9. The molecule has 142 valence electrons. The third kappa shape index (κ3) is 3.09. The summed E-state index contributed by atoms with van der Waals surface area (Å²) in [5.74, 6) is -0.813. The van der Waals surface area contributed by atoms with Crippen LogP contribution in [0.25, 0.3) is 28.0 Å². The number of rotatable bonds is 2. The molecule has 0 fully saturated rings. The molecule has 0 radical (unpaired) electrons. The Bertz CT molecular complexity index is 1190. The average Bonchev–Trinajstić information content (AvgIpc) is 2.96. The molecule has 0 atom stereocenters. The molecule has 0 unspecified atom stereocenters. The standard InChI is InChI=1S/C21H14F4N2O/c1-12-20(17-7-6-16(28)10-18(17)22)27-11-14(5-8-19(27)26-12)13-3-2-4-15(9-13)21(23,24)25/h2-11,28H,1H3. The summed E-state index contributed by atoms with van der Waals surface area (Å²) in [4.78, 5) is 4.40. The number of pyridine rings is 1. The molecule has 4 aromatic rings. The highest BCUT2D eigenvalue weighted by atomic mass is 19.4. The number of imidazole rings is 1. The summed E-state index contributed by atoms with van der Waals surface area (Å²) >= 11 is 0. The lowest BCUT2D eigenvalue weighted by Gasteiger charge is -2.10. The fourth-order valence-corrected chi connectivity index (χ4v) is 3.23. The maximum absolute atomic E-state index is 14.4. The number of fused-ring (bicyclic) bond motifs is 1. The summed E-state index contributed by atoms with van der Waals surface area (Å²) in [6, 6.07) is 12.2. The molecule has 2 aromatic carbocycles. The van der Waals surface area contributed by atoms with Gasteiger partial charge in [-0.3, -0.25) is 4.40 Å². The number of phenolic OH excluding ortho intramolecular Hbond substituents is 1. The summed E-state index contributed by atoms with van der Waals surface area (Å²) < 4.78 is 55.1. The van der Waals surface area contributed by atoms with Crippen molar-refractivity contribution in [3.63, 3.8) is 0 Å². The van der Waals surface area contributed by atoms with Crippen molar-refractivity contribution >= 4 is 5.65 Å². The SMILES string of the molecule is Cc1nc2ccc(-c3cccc(C(F)(F)F)c3)cn2c1-c1ccc(O)cc1F. The first-order valence-electron chi connectivity index (χ1n) is 8.39. The predicted octanol–water partition coefficient (Wildman–Crippen LogP) is 5.84. The first-order valence-corrected chi connectivity index (χ1v) is 8.39. The van der Waals surface area contributed by atoms with E-state index in [1.807, 2.05) is 0 Å². The van der Waals surface area contributed by atoms with Crippen LogP contribution in [0.5, 0.6) is 5.75 Å². The number of hydrogen-bond acceptors (Lipinski definition) is 2. The van der Waals surface area contributed by atoms with Gasteiger partial charge in [0, 0.05) is 17.8 Å². The monoisotopic (exact) mass is 386 g/mol. The molecule has 0 saturated carbocycles. The summed E-state index contributed by atoms with van der Waals surface area (Å²) in [7, 11) is 0. The predicted molar refractivity (Wildman–Crippen MR) is 97.4 cm³/mol. The van der Waals surface area contributed by atoms with Gasteiger partial charge in [0.1, 0.15) is 17.2 Å². The fourth-order valence-electron chi connectivity index (χ4n) is 3.23. The van der Waals surface area contributed by atoms with E-state index in [0.29, 0.717) is 28.2 Å². The molecule has 0 bridgehead atoms. The van der Waals surface area contributed by atoms with Crippen molar-refractivity contribution in [2.24, 2.45) is 0 Å². The van der Waals surface area contributed by atoms with Crippen LogP contribution in [0.15, 0.2) is 60.8 Å². The molecule has 7 heteroatoms. The topological polar surface area (TPSA) is 37.5 Å². The van der Waals surface area contributed by atoms with E-state index in [1.165, 1.54) is 18.2 Å². The van der Waals surface area contributed by atoms with Crippen LogP contribution in [0, 0.1) is 12.7 Å². The molecule has 0 spiro atoms. The van der Waals surface area contributed by atoms with Crippen molar-refractivity contribution in [3.8, 4) is 28.1 Å². The second-order valence-electron chi connectivity index (χ2n) is 6.43. The molecular formula is C21H14F4N2O. The van der Waals surface area contributed by atoms with Crippen molar-refractivity contribution in [2.45, 2.75) is 13.1 Å². The Morgan fingerprint density at radius 3 is 2.46 bits per heavy atom. The number of hydrogen-bond donors (Lipinski definition) is 1. The van der Waals surface area contributed by atoms with Crippen LogP contribution in [0.1, 0.15) is 11.3 Å². The number of benzene rings is 2. The Hall–Kier alpha value is -3.35. The lowest BCUT2D eigenvalue weighted by Crippen LogP contribution is -2.04. The van der Waals surface area contributed by atoms with Crippen LogP contribution in [-0.4, -0.2) is 14.5 Å². The molecule has 0 aliphatic carbocycles. The molecule has 0 aliphatic rings. The zero-order valence-electron chi connectivity index (χ0n) is 14.6. The Labute approximate surface area is 157 Å². The molecule has 0 amide bonds.